The van der Waals surface area contributed by atoms with Crippen LogP contribution in [0.1, 0.15) is 87.5 Å². The van der Waals surface area contributed by atoms with Gasteiger partial charge in [-0.3, -0.25) is 9.59 Å². The Morgan fingerprint density at radius 2 is 1.02 bits per heavy atom. The number of carbonyl (C=O) groups is 2. The summed E-state index contributed by atoms with van der Waals surface area (Å²) in [6.45, 7) is 5.88. The fraction of sp³-hybridized carbons (Fsp3) is 0.550. The average molecular weight is 691 g/mol. The minimum atomic E-state index is -0.356. The Labute approximate surface area is 297 Å². The highest BCUT2D eigenvalue weighted by Crippen LogP contribution is 2.33. The number of nitrogens with zero attached hydrogens (tertiary/aromatic N) is 2. The summed E-state index contributed by atoms with van der Waals surface area (Å²) in [5.41, 5.74) is 6.82. The van der Waals surface area contributed by atoms with E-state index in [4.69, 9.17) is 18.9 Å². The fourth-order valence-electron chi connectivity index (χ4n) is 6.07. The smallest absolute Gasteiger partial charge is 0.308 e. The van der Waals surface area contributed by atoms with E-state index in [1.165, 1.54) is 22.3 Å². The van der Waals surface area contributed by atoms with Crippen molar-refractivity contribution in [1.29, 1.82) is 0 Å². The van der Waals surface area contributed by atoms with E-state index in [0.717, 1.165) is 97.8 Å². The maximum absolute atomic E-state index is 12.5. The van der Waals surface area contributed by atoms with Gasteiger partial charge in [-0.25, -0.2) is 0 Å². The monoisotopic (exact) mass is 690 g/mol. The molecule has 0 radical (unpaired) electrons. The Morgan fingerprint density at radius 1 is 0.600 bits per heavy atom. The molecule has 4 aromatic rings. The van der Waals surface area contributed by atoms with Gasteiger partial charge in [0.2, 0.25) is 13.6 Å². The number of esters is 2. The Kier molecular flexibility index (Phi) is 15.5. The van der Waals surface area contributed by atoms with E-state index in [1.54, 1.807) is 0 Å². The third kappa shape index (κ3) is 11.8. The molecule has 2 aromatic carbocycles. The van der Waals surface area contributed by atoms with Crippen molar-refractivity contribution >= 4 is 33.7 Å². The molecule has 4 rings (SSSR count). The quantitative estimate of drug-likeness (QED) is 0.0467. The summed E-state index contributed by atoms with van der Waals surface area (Å²) in [5.74, 6) is 0.753. The highest BCUT2D eigenvalue weighted by molar-refractivity contribution is 5.91. The lowest BCUT2D eigenvalue weighted by molar-refractivity contribution is -0.152. The van der Waals surface area contributed by atoms with Crippen molar-refractivity contribution in [2.24, 2.45) is 0 Å². The maximum Gasteiger partial charge on any atom is 0.308 e. The van der Waals surface area contributed by atoms with Gasteiger partial charge in [-0.1, -0.05) is 26.7 Å². The van der Waals surface area contributed by atoms with Crippen LogP contribution in [0.3, 0.4) is 0 Å². The largest absolute Gasteiger partial charge is 0.457 e. The number of unbranched alkanes of at least 4 members (excludes halogenated alkanes) is 3. The van der Waals surface area contributed by atoms with Crippen molar-refractivity contribution < 1.29 is 28.5 Å². The lowest BCUT2D eigenvalue weighted by atomic mass is 10.0. The SMILES string of the molecule is CCCCc1cc(OCOC(=O)CCCCC(=O)OCOc2cc(CCCC)cc3[nH]cc(CCN(C)C)c23)c2c(CCN(C)C)c[nH]c2c1. The Bertz CT molecular complexity index is 1530. The molecule has 0 saturated heterocycles. The summed E-state index contributed by atoms with van der Waals surface area (Å²) in [6.07, 6.45) is 13.6. The number of benzene rings is 2. The van der Waals surface area contributed by atoms with Crippen LogP contribution in [-0.4, -0.2) is 86.6 Å². The van der Waals surface area contributed by atoms with Gasteiger partial charge in [-0.05, 0) is 126 Å². The first kappa shape index (κ1) is 38.8. The number of carbonyl (C=O) groups excluding carboxylic acids is 2. The van der Waals surface area contributed by atoms with Crippen molar-refractivity contribution in [3.8, 4) is 11.5 Å². The Hall–Kier alpha value is -4.02. The Morgan fingerprint density at radius 3 is 1.40 bits per heavy atom. The first-order chi connectivity index (χ1) is 24.2. The summed E-state index contributed by atoms with van der Waals surface area (Å²) < 4.78 is 23.0. The van der Waals surface area contributed by atoms with Crippen LogP contribution in [0.25, 0.3) is 21.8 Å². The number of aromatic nitrogens is 2. The molecule has 0 fully saturated rings. The summed E-state index contributed by atoms with van der Waals surface area (Å²) in [7, 11) is 8.24. The molecule has 0 aliphatic carbocycles. The highest BCUT2D eigenvalue weighted by Gasteiger charge is 2.15. The zero-order chi connectivity index (χ0) is 35.9. The predicted molar refractivity (Wildman–Crippen MR) is 200 cm³/mol. The number of ether oxygens (including phenoxy) is 4. The highest BCUT2D eigenvalue weighted by atomic mass is 16.7. The van der Waals surface area contributed by atoms with Gasteiger partial charge in [0.15, 0.2) is 0 Å². The minimum Gasteiger partial charge on any atom is -0.457 e. The van der Waals surface area contributed by atoms with E-state index in [2.05, 4.69) is 86.1 Å². The number of fused-ring (bicyclic) bond motifs is 2. The third-order valence-electron chi connectivity index (χ3n) is 8.95. The Balaban J connectivity index is 1.22. The van der Waals surface area contributed by atoms with Crippen LogP contribution in [0.4, 0.5) is 0 Å². The summed E-state index contributed by atoms with van der Waals surface area (Å²) in [4.78, 5) is 36.1. The molecular formula is C40H58N4O6. The second-order valence-electron chi connectivity index (χ2n) is 13.7. The van der Waals surface area contributed by atoms with Crippen LogP contribution in [0, 0.1) is 0 Å². The van der Waals surface area contributed by atoms with Crippen LogP contribution in [-0.2, 0) is 44.7 Å². The molecular weight excluding hydrogens is 632 g/mol. The van der Waals surface area contributed by atoms with Gasteiger partial charge in [0.25, 0.3) is 0 Å². The van der Waals surface area contributed by atoms with E-state index >= 15 is 0 Å². The van der Waals surface area contributed by atoms with Crippen molar-refractivity contribution in [2.75, 3.05) is 54.9 Å². The molecule has 50 heavy (non-hydrogen) atoms. The molecule has 10 heteroatoms. The van der Waals surface area contributed by atoms with E-state index in [0.29, 0.717) is 12.8 Å². The van der Waals surface area contributed by atoms with E-state index in [1.807, 2.05) is 12.4 Å². The summed E-state index contributed by atoms with van der Waals surface area (Å²) in [6, 6.07) is 8.53. The molecule has 0 spiro atoms. The number of aryl methyl sites for hydroxylation is 2. The van der Waals surface area contributed by atoms with Gasteiger partial charge >= 0.3 is 11.9 Å². The molecule has 0 aliphatic heterocycles. The van der Waals surface area contributed by atoms with Crippen LogP contribution < -0.4 is 9.47 Å². The number of hydrogen-bond donors (Lipinski definition) is 2. The van der Waals surface area contributed by atoms with Gasteiger partial charge in [-0.2, -0.15) is 0 Å². The molecule has 0 unspecified atom stereocenters. The number of aromatic amines is 2. The first-order valence-electron chi connectivity index (χ1n) is 18.3. The van der Waals surface area contributed by atoms with E-state index < -0.39 is 0 Å². The van der Waals surface area contributed by atoms with E-state index in [-0.39, 0.29) is 38.4 Å². The standard InChI is InChI=1S/C40H58N4O6/c1-7-9-13-29-21-33-39(31(25-41-33)17-19-43(3)4)35(23-29)47-27-49-37(45)15-11-12-16-38(46)50-28-48-36-24-30(14-10-8-2)22-34-40(36)32(26-42-34)18-20-44(5)6/h21-26,41-42H,7-20,27-28H2,1-6H3. The average Bonchev–Trinajstić information content (AvgIpc) is 3.70. The van der Waals surface area contributed by atoms with Gasteiger partial charge < -0.3 is 38.7 Å². The third-order valence-corrected chi connectivity index (χ3v) is 8.95. The summed E-state index contributed by atoms with van der Waals surface area (Å²) in [5, 5.41) is 2.08. The number of hydrogen-bond acceptors (Lipinski definition) is 8. The second-order valence-corrected chi connectivity index (χ2v) is 13.7. The fourth-order valence-corrected chi connectivity index (χ4v) is 6.07. The second kappa shape index (κ2) is 20.0. The lowest BCUT2D eigenvalue weighted by Gasteiger charge is -2.13. The number of likely N-dealkylation sites (N-methyl/N-ethyl adjacent to an activating group) is 2. The molecule has 2 N–H and O–H groups in total. The van der Waals surface area contributed by atoms with Crippen molar-refractivity contribution in [3.63, 3.8) is 0 Å². The lowest BCUT2D eigenvalue weighted by Crippen LogP contribution is -2.15. The minimum absolute atomic E-state index is 0.159. The van der Waals surface area contributed by atoms with Crippen LogP contribution >= 0.6 is 0 Å². The molecule has 2 heterocycles. The normalized spacial score (nSPS) is 11.6. The molecule has 0 bridgehead atoms. The molecule has 0 amide bonds. The molecule has 0 aliphatic rings. The van der Waals surface area contributed by atoms with Gasteiger partial charge in [0, 0.05) is 60.1 Å². The van der Waals surface area contributed by atoms with Crippen LogP contribution in [0.15, 0.2) is 36.7 Å². The summed E-state index contributed by atoms with van der Waals surface area (Å²) >= 11 is 0. The number of H-pyrrole nitrogens is 2. The van der Waals surface area contributed by atoms with Gasteiger partial charge in [0.05, 0.1) is 0 Å². The number of rotatable bonds is 23. The van der Waals surface area contributed by atoms with Crippen LogP contribution in [0.5, 0.6) is 11.5 Å². The van der Waals surface area contributed by atoms with Gasteiger partial charge in [0.1, 0.15) is 11.5 Å². The van der Waals surface area contributed by atoms with Crippen molar-refractivity contribution in [3.05, 3.63) is 58.9 Å². The number of nitrogens with one attached hydrogen (secondary N) is 2. The molecule has 0 saturated carbocycles. The molecule has 274 valence electrons. The van der Waals surface area contributed by atoms with Crippen molar-refractivity contribution in [1.82, 2.24) is 19.8 Å². The van der Waals surface area contributed by atoms with Crippen LogP contribution in [0.2, 0.25) is 0 Å². The predicted octanol–water partition coefficient (Wildman–Crippen LogP) is 7.56. The zero-order valence-corrected chi connectivity index (χ0v) is 31.1. The van der Waals surface area contributed by atoms with E-state index in [9.17, 15) is 9.59 Å². The molecule has 0 atom stereocenters. The molecule has 10 nitrogen and oxygen atoms in total. The zero-order valence-electron chi connectivity index (χ0n) is 31.1. The maximum atomic E-state index is 12.5. The topological polar surface area (TPSA) is 109 Å². The first-order valence-corrected chi connectivity index (χ1v) is 18.3. The molecule has 2 aromatic heterocycles. The van der Waals surface area contributed by atoms with Gasteiger partial charge in [-0.15, -0.1) is 0 Å². The van der Waals surface area contributed by atoms with Crippen molar-refractivity contribution in [2.45, 2.75) is 90.9 Å².